The number of aryl methyl sites for hydroxylation is 1. The van der Waals surface area contributed by atoms with Crippen molar-refractivity contribution in [2.75, 3.05) is 0 Å². The number of quaternary nitrogens is 1. The van der Waals surface area contributed by atoms with Gasteiger partial charge in [0, 0.05) is 35.7 Å². The number of rotatable bonds is 12. The maximum Gasteiger partial charge on any atom is 0.864 e. The summed E-state index contributed by atoms with van der Waals surface area (Å²) in [6.07, 6.45) is 0.405. The van der Waals surface area contributed by atoms with Gasteiger partial charge in [-0.1, -0.05) is 60.7 Å². The highest BCUT2D eigenvalue weighted by Gasteiger charge is 2.42. The van der Waals surface area contributed by atoms with Crippen LogP contribution in [0.2, 0.25) is 0 Å². The molecule has 0 bridgehead atoms. The van der Waals surface area contributed by atoms with E-state index in [1.165, 1.54) is 18.2 Å². The van der Waals surface area contributed by atoms with Crippen molar-refractivity contribution in [1.82, 2.24) is 0 Å². The van der Waals surface area contributed by atoms with Crippen molar-refractivity contribution in [2.24, 2.45) is 0 Å². The van der Waals surface area contributed by atoms with Crippen molar-refractivity contribution in [3.8, 4) is 17.2 Å². The molecule has 1 atom stereocenters. The Kier molecular flexibility index (Phi) is 15.5. The lowest BCUT2D eigenvalue weighted by Gasteiger charge is -2.22. The van der Waals surface area contributed by atoms with E-state index < -0.39 is 147 Å². The molecule has 0 saturated carbocycles. The van der Waals surface area contributed by atoms with Gasteiger partial charge in [-0.3, -0.25) is 8.78 Å². The van der Waals surface area contributed by atoms with Crippen LogP contribution in [0.15, 0.2) is 79.4 Å². The lowest BCUT2D eigenvalue weighted by atomic mass is 9.96. The molecule has 7 aromatic carbocycles. The largest absolute Gasteiger partial charge is 0.864 e. The third kappa shape index (κ3) is 9.93. The molecule has 0 aromatic heterocycles. The van der Waals surface area contributed by atoms with Crippen molar-refractivity contribution in [3.63, 3.8) is 0 Å². The van der Waals surface area contributed by atoms with Crippen LogP contribution in [0.5, 0.6) is 17.2 Å². The maximum absolute atomic E-state index is 15.8. The van der Waals surface area contributed by atoms with Gasteiger partial charge in [0.25, 0.3) is 0 Å². The van der Waals surface area contributed by atoms with Gasteiger partial charge in [-0.2, -0.15) is 26.3 Å². The number of para-hydroxylation sites is 1. The van der Waals surface area contributed by atoms with Gasteiger partial charge >= 0.3 is 7.32 Å². The molecule has 0 aliphatic heterocycles. The highest BCUT2D eigenvalue weighted by atomic mass is 19.2. The van der Waals surface area contributed by atoms with Gasteiger partial charge in [0.05, 0.1) is 29.1 Å². The molecule has 364 valence electrons. The van der Waals surface area contributed by atoms with Gasteiger partial charge in [-0.25, -0.2) is 53.2 Å². The zero-order chi connectivity index (χ0) is 51.6. The average molecular weight is 1010 g/mol. The van der Waals surface area contributed by atoms with Crippen molar-refractivity contribution in [2.45, 2.75) is 13.3 Å². The molecule has 7 rings (SSSR count). The van der Waals surface area contributed by atoms with Gasteiger partial charge < -0.3 is 14.0 Å². The number of halogens is 19. The van der Waals surface area contributed by atoms with E-state index in [0.29, 0.717) is 22.0 Å². The zero-order valence-electron chi connectivity index (χ0n) is 34.4. The van der Waals surface area contributed by atoms with Crippen molar-refractivity contribution in [1.29, 1.82) is 0 Å². The zero-order valence-corrected chi connectivity index (χ0v) is 34.4. The van der Waals surface area contributed by atoms with E-state index in [4.69, 9.17) is 0 Å². The summed E-state index contributed by atoms with van der Waals surface area (Å²) in [5.74, 6) is -54.7. The fourth-order valence-electron chi connectivity index (χ4n) is 6.37. The first-order valence-corrected chi connectivity index (χ1v) is 19.0. The molecule has 4 nitrogen and oxygen atoms in total. The highest BCUT2D eigenvalue weighted by Crippen LogP contribution is 2.37. The topological polar surface area (TPSA) is 32.1 Å². The summed E-state index contributed by atoms with van der Waals surface area (Å²) >= 11 is 0. The molecule has 0 amide bonds. The third-order valence-electron chi connectivity index (χ3n) is 9.73. The Hall–Kier alpha value is -7.63. The monoisotopic (exact) mass is 1010 g/mol. The van der Waals surface area contributed by atoms with Crippen molar-refractivity contribution >= 4 is 30.5 Å². The molecule has 0 radical (unpaired) electrons. The maximum atomic E-state index is 15.8. The Labute approximate surface area is 381 Å². The second-order valence-electron chi connectivity index (χ2n) is 14.1. The van der Waals surface area contributed by atoms with Crippen LogP contribution in [0, 0.1) is 124 Å². The molecule has 0 aliphatic carbocycles. The number of hydrogen-bond acceptors (Lipinski definition) is 3. The van der Waals surface area contributed by atoms with Crippen molar-refractivity contribution < 1.29 is 102 Å². The van der Waals surface area contributed by atoms with Gasteiger partial charge in [0.1, 0.15) is 17.1 Å². The molecular weight excluding hydrogens is 986 g/mol. The quantitative estimate of drug-likeness (QED) is 0.0435. The molecule has 1 N–H and O–H groups in total. The third-order valence-corrected chi connectivity index (χ3v) is 9.73. The van der Waals surface area contributed by atoms with E-state index in [1.54, 1.807) is 36.4 Å². The first-order valence-electron chi connectivity index (χ1n) is 19.0. The van der Waals surface area contributed by atoms with E-state index in [2.05, 4.69) is 20.5 Å². The van der Waals surface area contributed by atoms with Crippen molar-refractivity contribution in [3.05, 3.63) is 218 Å². The molecular formula is C46H21BF19NO3. The fraction of sp³-hybridized carbons (Fsp3) is 0.0435. The number of benzene rings is 7. The van der Waals surface area contributed by atoms with Gasteiger partial charge in [-0.15, -0.1) is 6.07 Å². The van der Waals surface area contributed by atoms with E-state index in [0.717, 1.165) is 11.6 Å². The Morgan fingerprint density at radius 3 is 1.23 bits per heavy atom. The summed E-state index contributed by atoms with van der Waals surface area (Å²) in [6, 6.07) is 21.7. The van der Waals surface area contributed by atoms with Crippen LogP contribution in [-0.2, 0) is 6.42 Å². The normalized spacial score (nSPS) is 11.5. The van der Waals surface area contributed by atoms with E-state index in [1.807, 2.05) is 31.2 Å². The van der Waals surface area contributed by atoms with Gasteiger partial charge in [-0.05, 0) is 24.6 Å². The van der Waals surface area contributed by atoms with E-state index >= 15 is 17.6 Å². The Morgan fingerprint density at radius 2 is 0.814 bits per heavy atom. The van der Waals surface area contributed by atoms with Crippen LogP contribution in [0.3, 0.4) is 0 Å². The van der Waals surface area contributed by atoms with Crippen LogP contribution in [-0.4, -0.2) is 7.32 Å². The Bertz CT molecular complexity index is 2980. The van der Waals surface area contributed by atoms with Gasteiger partial charge in [0.2, 0.25) is 69.8 Å². The molecule has 0 fully saturated rings. The summed E-state index contributed by atoms with van der Waals surface area (Å²) in [6.45, 7) is 5.65. The molecule has 0 aliphatic rings. The predicted molar refractivity (Wildman–Crippen MR) is 208 cm³/mol. The second kappa shape index (κ2) is 20.9. The summed E-state index contributed by atoms with van der Waals surface area (Å²) < 4.78 is 277. The minimum Gasteiger partial charge on any atom is -0.484 e. The SMILES string of the molecule is C=Cc1c(Cc2c(F)c(F)c(OB(Oc3c(F)c(F)c(F)c(F)c3F)Oc3c(F)c(F)c(F)c(F)c3F)c(F)c2F)cccc1[NH+](c1ccccc1)c1ccc(C)cc1.Fc1[c-]c(F)c(F)c(F)c1F. The molecule has 1 unspecified atom stereocenters. The van der Waals surface area contributed by atoms with E-state index in [-0.39, 0.29) is 11.1 Å². The summed E-state index contributed by atoms with van der Waals surface area (Å²) in [7, 11) is -3.72. The highest BCUT2D eigenvalue weighted by molar-refractivity contribution is 6.39. The Morgan fingerprint density at radius 1 is 0.443 bits per heavy atom. The van der Waals surface area contributed by atoms with Crippen LogP contribution >= 0.6 is 0 Å². The average Bonchev–Trinajstić information content (AvgIpc) is 3.35. The molecule has 24 heteroatoms. The molecule has 0 spiro atoms. The molecule has 0 heterocycles. The van der Waals surface area contributed by atoms with Crippen LogP contribution in [0.4, 0.5) is 100 Å². The molecule has 7 aromatic rings. The molecule has 0 saturated heterocycles. The van der Waals surface area contributed by atoms with Crippen LogP contribution < -0.4 is 18.9 Å². The van der Waals surface area contributed by atoms with Gasteiger partial charge in [0.15, 0.2) is 28.9 Å². The first kappa shape index (κ1) is 51.8. The fourth-order valence-corrected chi connectivity index (χ4v) is 6.37. The first-order chi connectivity index (χ1) is 33.0. The number of hydrogen-bond donors (Lipinski definition) is 1. The molecule has 70 heavy (non-hydrogen) atoms. The van der Waals surface area contributed by atoms with Crippen LogP contribution in [0.25, 0.3) is 6.08 Å². The lowest BCUT2D eigenvalue weighted by molar-refractivity contribution is -0.681. The lowest BCUT2D eigenvalue weighted by Crippen LogP contribution is -2.97. The number of nitrogens with one attached hydrogen (secondary N) is 1. The predicted octanol–water partition coefficient (Wildman–Crippen LogP) is 13.1. The van der Waals surface area contributed by atoms with E-state index in [9.17, 15) is 65.9 Å². The minimum absolute atomic E-state index is 0.0467. The summed E-state index contributed by atoms with van der Waals surface area (Å²) in [5.41, 5.74) is 1.78. The Balaban J connectivity index is 0.000000643. The summed E-state index contributed by atoms with van der Waals surface area (Å²) in [5, 5.41) is 0. The minimum atomic E-state index is -3.72. The standard InChI is InChI=1S/C40H20BF14NO3.C6F5/c1-3-21-18(8-7-11-23(21)56(19-9-5-4-6-10-19)20-14-12-17(2)13-15-20)16-22-24(42)32(50)38(33(51)25(22)43)57-41(58-39-34(52)28(46)26(44)29(47)35(39)53)59-40-36(54)30(48)27(45)31(49)37(40)55;7-2-1-3(8)5(10)6(11)4(2)9/h3-15H,1,16H2,2H3;/q;-1/p+1. The summed E-state index contributed by atoms with van der Waals surface area (Å²) in [4.78, 5) is 0.623. The second-order valence-corrected chi connectivity index (χ2v) is 14.1. The van der Waals surface area contributed by atoms with Crippen LogP contribution in [0.1, 0.15) is 22.3 Å². The smallest absolute Gasteiger partial charge is 0.484 e.